The molecule has 2 aliphatic rings. The molecule has 6 nitrogen and oxygen atoms in total. The van der Waals surface area contributed by atoms with Crippen LogP contribution in [0.1, 0.15) is 46.7 Å². The fraction of sp³-hybridized carbons (Fsp3) is 0.438. The number of nitriles is 1. The molecule has 1 amide bonds. The van der Waals surface area contributed by atoms with E-state index in [9.17, 15) is 14.4 Å². The Morgan fingerprint density at radius 1 is 1.13 bits per heavy atom. The summed E-state index contributed by atoms with van der Waals surface area (Å²) in [5.74, 6) is -0.283. The van der Waals surface area contributed by atoms with Crippen LogP contribution < -0.4 is 5.32 Å². The minimum Gasteiger partial charge on any atom is -0.341 e. The second kappa shape index (κ2) is 12.3. The number of likely N-dealkylation sites (tertiary alicyclic amines) is 2. The van der Waals surface area contributed by atoms with E-state index in [0.717, 1.165) is 55.5 Å². The van der Waals surface area contributed by atoms with E-state index in [1.54, 1.807) is 11.0 Å². The summed E-state index contributed by atoms with van der Waals surface area (Å²) in [4.78, 5) is 20.5. The number of piperidine rings is 1. The lowest BCUT2D eigenvalue weighted by Crippen LogP contribution is -2.61. The first-order valence-electron chi connectivity index (χ1n) is 14.0. The Bertz CT molecular complexity index is 1320. The number of benzene rings is 3. The third-order valence-corrected chi connectivity index (χ3v) is 8.59. The quantitative estimate of drug-likeness (QED) is 0.445. The van der Waals surface area contributed by atoms with Crippen LogP contribution >= 0.6 is 0 Å². The van der Waals surface area contributed by atoms with Crippen LogP contribution in [0.3, 0.4) is 0 Å². The molecule has 1 N–H and O–H groups in total. The molecule has 3 aromatic carbocycles. The Balaban J connectivity index is 1.25. The van der Waals surface area contributed by atoms with Crippen LogP contribution in [0, 0.1) is 17.1 Å². The molecule has 0 aromatic heterocycles. The molecule has 0 aliphatic carbocycles. The van der Waals surface area contributed by atoms with Gasteiger partial charge in [0.1, 0.15) is 5.82 Å². The van der Waals surface area contributed by atoms with Gasteiger partial charge in [0.05, 0.1) is 11.6 Å². The number of rotatable bonds is 9. The van der Waals surface area contributed by atoms with Crippen LogP contribution in [-0.2, 0) is 0 Å². The molecule has 0 spiro atoms. The molecule has 2 aliphatic heterocycles. The summed E-state index contributed by atoms with van der Waals surface area (Å²) in [5, 5.41) is 14.6. The molecule has 2 fully saturated rings. The molecule has 1 atom stereocenters. The van der Waals surface area contributed by atoms with E-state index >= 15 is 0 Å². The minimum atomic E-state index is -0.255. The Labute approximate surface area is 231 Å². The average Bonchev–Trinajstić information content (AvgIpc) is 2.95. The molecule has 2 heterocycles. The number of hydrogen-bond acceptors (Lipinski definition) is 5. The molecule has 0 bridgehead atoms. The highest BCUT2D eigenvalue weighted by atomic mass is 19.1. The lowest BCUT2D eigenvalue weighted by Gasteiger charge is -2.48. The summed E-state index contributed by atoms with van der Waals surface area (Å²) in [7, 11) is 3.88. The maximum absolute atomic E-state index is 13.7. The molecular weight excluding hydrogens is 489 g/mol. The molecular formula is C32H38FN5O. The molecule has 0 saturated carbocycles. The van der Waals surface area contributed by atoms with E-state index in [-0.39, 0.29) is 17.6 Å². The smallest absolute Gasteiger partial charge is 0.254 e. The van der Waals surface area contributed by atoms with Crippen molar-refractivity contribution in [2.45, 2.75) is 37.3 Å². The minimum absolute atomic E-state index is 0.0791. The van der Waals surface area contributed by atoms with Gasteiger partial charge in [-0.05, 0) is 73.5 Å². The van der Waals surface area contributed by atoms with Crippen molar-refractivity contribution in [3.63, 3.8) is 0 Å². The van der Waals surface area contributed by atoms with Crippen LogP contribution in [-0.4, -0.2) is 86.1 Å². The van der Waals surface area contributed by atoms with Gasteiger partial charge < -0.3 is 15.1 Å². The molecule has 204 valence electrons. The zero-order chi connectivity index (χ0) is 27.4. The molecule has 3 aromatic rings. The first-order chi connectivity index (χ1) is 18.9. The molecule has 0 unspecified atom stereocenters. The number of nitrogens with zero attached hydrogens (tertiary/aromatic N) is 4. The Kier molecular flexibility index (Phi) is 8.56. The van der Waals surface area contributed by atoms with Crippen molar-refractivity contribution in [1.82, 2.24) is 20.0 Å². The van der Waals surface area contributed by atoms with Gasteiger partial charge in [-0.1, -0.05) is 36.4 Å². The molecule has 7 heteroatoms. The van der Waals surface area contributed by atoms with Crippen molar-refractivity contribution in [2.75, 3.05) is 53.4 Å². The van der Waals surface area contributed by atoms with Crippen molar-refractivity contribution in [1.29, 1.82) is 5.26 Å². The predicted molar refractivity (Wildman–Crippen MR) is 153 cm³/mol. The van der Waals surface area contributed by atoms with Crippen LogP contribution in [0.5, 0.6) is 0 Å². The number of likely N-dealkylation sites (N-methyl/N-ethyl adjacent to an activating group) is 1. The number of amides is 1. The van der Waals surface area contributed by atoms with E-state index < -0.39 is 0 Å². The van der Waals surface area contributed by atoms with Crippen LogP contribution in [0.4, 0.5) is 4.39 Å². The van der Waals surface area contributed by atoms with Gasteiger partial charge in [0.2, 0.25) is 0 Å². The fourth-order valence-electron chi connectivity index (χ4n) is 6.12. The van der Waals surface area contributed by atoms with E-state index in [2.05, 4.69) is 28.2 Å². The zero-order valence-corrected chi connectivity index (χ0v) is 22.9. The van der Waals surface area contributed by atoms with Crippen LogP contribution in [0.25, 0.3) is 10.8 Å². The number of nitrogens with one attached hydrogen (secondary N) is 1. The summed E-state index contributed by atoms with van der Waals surface area (Å²) in [5.41, 5.74) is 2.05. The maximum Gasteiger partial charge on any atom is 0.254 e. The Morgan fingerprint density at radius 2 is 1.85 bits per heavy atom. The molecule has 2 saturated heterocycles. The van der Waals surface area contributed by atoms with Gasteiger partial charge in [-0.25, -0.2) is 4.39 Å². The first kappa shape index (κ1) is 27.3. The fourth-order valence-corrected chi connectivity index (χ4v) is 6.12. The number of hydrogen-bond donors (Lipinski definition) is 1. The number of halogens is 1. The third kappa shape index (κ3) is 6.30. The topological polar surface area (TPSA) is 62.6 Å². The highest BCUT2D eigenvalue weighted by Gasteiger charge is 2.34. The van der Waals surface area contributed by atoms with Crippen molar-refractivity contribution >= 4 is 16.7 Å². The lowest BCUT2D eigenvalue weighted by molar-refractivity contribution is 0.0170. The van der Waals surface area contributed by atoms with Gasteiger partial charge in [-0.15, -0.1) is 0 Å². The summed E-state index contributed by atoms with van der Waals surface area (Å²) in [6.07, 6.45) is 3.32. The second-order valence-corrected chi connectivity index (χ2v) is 11.1. The highest BCUT2D eigenvalue weighted by molar-refractivity contribution is 6.07. The van der Waals surface area contributed by atoms with Crippen molar-refractivity contribution in [3.05, 3.63) is 83.2 Å². The molecule has 5 rings (SSSR count). The van der Waals surface area contributed by atoms with Gasteiger partial charge in [0.25, 0.3) is 5.91 Å². The third-order valence-electron chi connectivity index (χ3n) is 8.59. The van der Waals surface area contributed by atoms with Gasteiger partial charge in [-0.3, -0.25) is 9.69 Å². The number of carbonyl (C=O) groups excluding carboxylic acids is 1. The zero-order valence-electron chi connectivity index (χ0n) is 22.9. The lowest BCUT2D eigenvalue weighted by atomic mass is 9.93. The van der Waals surface area contributed by atoms with E-state index in [4.69, 9.17) is 0 Å². The second-order valence-electron chi connectivity index (χ2n) is 11.1. The van der Waals surface area contributed by atoms with Crippen molar-refractivity contribution < 1.29 is 9.18 Å². The molecule has 39 heavy (non-hydrogen) atoms. The van der Waals surface area contributed by atoms with Crippen LogP contribution in [0.2, 0.25) is 0 Å². The SMILES string of the molecule is CNC1CCN(C2CN(CC[C@H](CN(C)C(=O)c3cc(C#N)cc4ccccc34)c3ccc(F)cc3)C2)CC1. The number of carbonyl (C=O) groups is 1. The normalized spacial score (nSPS) is 18.0. The average molecular weight is 528 g/mol. The monoisotopic (exact) mass is 527 g/mol. The first-order valence-corrected chi connectivity index (χ1v) is 14.0. The summed E-state index contributed by atoms with van der Waals surface area (Å²) in [6.45, 7) is 5.96. The Hall–Kier alpha value is -3.31. The Morgan fingerprint density at radius 3 is 2.54 bits per heavy atom. The van der Waals surface area contributed by atoms with Gasteiger partial charge >= 0.3 is 0 Å². The van der Waals surface area contributed by atoms with E-state index in [1.807, 2.05) is 49.5 Å². The van der Waals surface area contributed by atoms with Gasteiger partial charge in [-0.2, -0.15) is 5.26 Å². The van der Waals surface area contributed by atoms with Gasteiger partial charge in [0.15, 0.2) is 0 Å². The predicted octanol–water partition coefficient (Wildman–Crippen LogP) is 4.46. The van der Waals surface area contributed by atoms with Gasteiger partial charge in [0, 0.05) is 63.3 Å². The van der Waals surface area contributed by atoms with Crippen molar-refractivity contribution in [3.8, 4) is 6.07 Å². The van der Waals surface area contributed by atoms with E-state index in [1.165, 1.54) is 25.0 Å². The summed E-state index contributed by atoms with van der Waals surface area (Å²) < 4.78 is 13.7. The largest absolute Gasteiger partial charge is 0.341 e. The van der Waals surface area contributed by atoms with Crippen LogP contribution in [0.15, 0.2) is 60.7 Å². The highest BCUT2D eigenvalue weighted by Crippen LogP contribution is 2.27. The molecule has 0 radical (unpaired) electrons. The summed E-state index contributed by atoms with van der Waals surface area (Å²) >= 11 is 0. The number of fused-ring (bicyclic) bond motifs is 1. The van der Waals surface area contributed by atoms with Crippen molar-refractivity contribution in [2.24, 2.45) is 0 Å². The maximum atomic E-state index is 13.7. The summed E-state index contributed by atoms with van der Waals surface area (Å²) in [6, 6.07) is 21.3. The van der Waals surface area contributed by atoms with E-state index in [0.29, 0.717) is 29.8 Å². The standard InChI is InChI=1S/C32H38FN5O/c1-35-28-12-15-38(16-13-28)29-21-37(22-29)14-11-26(24-7-9-27(33)10-8-24)20-36(2)32(39)31-18-23(19-34)17-25-5-3-4-6-30(25)31/h3-10,17-18,26,28-29,35H,11-16,20-22H2,1-2H3/t26-/m1/s1.